The maximum atomic E-state index is 5.78. The second-order valence-corrected chi connectivity index (χ2v) is 5.45. The van der Waals surface area contributed by atoms with E-state index in [1.165, 1.54) is 28.2 Å². The molecule has 0 saturated heterocycles. The van der Waals surface area contributed by atoms with Crippen molar-refractivity contribution < 1.29 is 0 Å². The molecule has 0 saturated carbocycles. The van der Waals surface area contributed by atoms with E-state index in [1.807, 2.05) is 6.20 Å². The maximum Gasteiger partial charge on any atom is 0.183 e. The van der Waals surface area contributed by atoms with E-state index >= 15 is 0 Å². The van der Waals surface area contributed by atoms with E-state index in [1.54, 1.807) is 0 Å². The van der Waals surface area contributed by atoms with E-state index in [-0.39, 0.29) is 0 Å². The summed E-state index contributed by atoms with van der Waals surface area (Å²) in [6.45, 7) is 4.96. The predicted octanol–water partition coefficient (Wildman–Crippen LogP) is 4.03. The first-order chi connectivity index (χ1) is 7.65. The van der Waals surface area contributed by atoms with Crippen LogP contribution < -0.4 is 5.32 Å². The highest BCUT2D eigenvalue weighted by Crippen LogP contribution is 2.21. The van der Waals surface area contributed by atoms with E-state index < -0.39 is 0 Å². The van der Waals surface area contributed by atoms with Crippen molar-refractivity contribution in [2.75, 3.05) is 5.32 Å². The molecule has 0 aliphatic rings. The van der Waals surface area contributed by atoms with Gasteiger partial charge in [0.1, 0.15) is 0 Å². The molecule has 0 unspecified atom stereocenters. The minimum Gasteiger partial charge on any atom is -0.380 e. The monoisotopic (exact) mass is 252 g/mol. The largest absolute Gasteiger partial charge is 0.380 e. The van der Waals surface area contributed by atoms with Crippen molar-refractivity contribution in [2.45, 2.75) is 20.4 Å². The highest BCUT2D eigenvalue weighted by molar-refractivity contribution is 7.15. The van der Waals surface area contributed by atoms with Crippen molar-refractivity contribution in [1.82, 2.24) is 4.98 Å². The first-order valence-electron chi connectivity index (χ1n) is 5.06. The lowest BCUT2D eigenvalue weighted by Gasteiger charge is -2.08. The molecular weight excluding hydrogens is 240 g/mol. The summed E-state index contributed by atoms with van der Waals surface area (Å²) < 4.78 is 0.595. The van der Waals surface area contributed by atoms with Crippen LogP contribution in [0.4, 0.5) is 5.69 Å². The average molecular weight is 253 g/mol. The second-order valence-electron chi connectivity index (χ2n) is 3.75. The number of nitrogens with zero attached hydrogens (tertiary/aromatic N) is 1. The molecule has 0 spiro atoms. The van der Waals surface area contributed by atoms with Gasteiger partial charge in [-0.3, -0.25) is 0 Å². The van der Waals surface area contributed by atoms with Crippen LogP contribution in [0.25, 0.3) is 0 Å². The summed E-state index contributed by atoms with van der Waals surface area (Å²) in [5.74, 6) is 0. The Morgan fingerprint density at radius 3 is 2.88 bits per heavy atom. The number of aromatic nitrogens is 1. The van der Waals surface area contributed by atoms with E-state index in [2.05, 4.69) is 42.3 Å². The number of rotatable bonds is 3. The van der Waals surface area contributed by atoms with Crippen LogP contribution in [-0.2, 0) is 6.54 Å². The molecular formula is C12H13ClN2S. The van der Waals surface area contributed by atoms with E-state index in [0.29, 0.717) is 4.47 Å². The van der Waals surface area contributed by atoms with E-state index in [0.717, 1.165) is 11.4 Å². The zero-order valence-electron chi connectivity index (χ0n) is 9.25. The van der Waals surface area contributed by atoms with Crippen LogP contribution in [0.2, 0.25) is 4.47 Å². The fraction of sp³-hybridized carbons (Fsp3) is 0.250. The van der Waals surface area contributed by atoms with Crippen LogP contribution in [0, 0.1) is 13.8 Å². The summed E-state index contributed by atoms with van der Waals surface area (Å²) in [6.07, 6.45) is 1.81. The van der Waals surface area contributed by atoms with Gasteiger partial charge in [-0.1, -0.05) is 23.7 Å². The quantitative estimate of drug-likeness (QED) is 0.892. The first-order valence-corrected chi connectivity index (χ1v) is 6.26. The van der Waals surface area contributed by atoms with Crippen molar-refractivity contribution in [3.63, 3.8) is 0 Å². The number of hydrogen-bond donors (Lipinski definition) is 1. The van der Waals surface area contributed by atoms with Gasteiger partial charge in [0.05, 0.1) is 6.54 Å². The summed E-state index contributed by atoms with van der Waals surface area (Å²) in [6, 6.07) is 6.39. The molecule has 0 aliphatic heterocycles. The zero-order chi connectivity index (χ0) is 11.5. The second kappa shape index (κ2) is 4.85. The molecule has 0 amide bonds. The lowest BCUT2D eigenvalue weighted by Crippen LogP contribution is -1.99. The molecule has 0 aliphatic carbocycles. The van der Waals surface area contributed by atoms with Gasteiger partial charge < -0.3 is 5.32 Å². The van der Waals surface area contributed by atoms with Gasteiger partial charge in [0.15, 0.2) is 4.47 Å². The average Bonchev–Trinajstić information content (AvgIpc) is 2.66. The van der Waals surface area contributed by atoms with E-state index in [9.17, 15) is 0 Å². The SMILES string of the molecule is Cc1ccc(C)c(NCc2cnc(Cl)s2)c1. The summed E-state index contributed by atoms with van der Waals surface area (Å²) in [5, 5.41) is 3.40. The third-order valence-corrected chi connectivity index (χ3v) is 3.49. The molecule has 2 aromatic rings. The minimum atomic E-state index is 0.595. The molecule has 0 radical (unpaired) electrons. The number of thiazole rings is 1. The zero-order valence-corrected chi connectivity index (χ0v) is 10.8. The third-order valence-electron chi connectivity index (χ3n) is 2.37. The molecule has 1 heterocycles. The number of nitrogens with one attached hydrogen (secondary N) is 1. The van der Waals surface area contributed by atoms with Crippen LogP contribution in [0.15, 0.2) is 24.4 Å². The molecule has 4 heteroatoms. The predicted molar refractivity (Wildman–Crippen MR) is 70.4 cm³/mol. The van der Waals surface area contributed by atoms with Gasteiger partial charge >= 0.3 is 0 Å². The molecule has 0 fully saturated rings. The smallest absolute Gasteiger partial charge is 0.183 e. The van der Waals surface area contributed by atoms with Crippen molar-refractivity contribution in [1.29, 1.82) is 0 Å². The topological polar surface area (TPSA) is 24.9 Å². The molecule has 2 rings (SSSR count). The van der Waals surface area contributed by atoms with Gasteiger partial charge in [0, 0.05) is 16.8 Å². The van der Waals surface area contributed by atoms with Crippen molar-refractivity contribution in [2.24, 2.45) is 0 Å². The Morgan fingerprint density at radius 2 is 2.19 bits per heavy atom. The maximum absolute atomic E-state index is 5.78. The summed E-state index contributed by atoms with van der Waals surface area (Å²) in [5.41, 5.74) is 3.68. The number of benzene rings is 1. The van der Waals surface area contributed by atoms with Crippen molar-refractivity contribution in [3.05, 3.63) is 44.9 Å². The van der Waals surface area contributed by atoms with Crippen LogP contribution in [0.3, 0.4) is 0 Å². The van der Waals surface area contributed by atoms with Gasteiger partial charge in [0.25, 0.3) is 0 Å². The van der Waals surface area contributed by atoms with Gasteiger partial charge in [-0.15, -0.1) is 11.3 Å². The summed E-state index contributed by atoms with van der Waals surface area (Å²) in [4.78, 5) is 5.16. The molecule has 1 aromatic carbocycles. The lowest BCUT2D eigenvalue weighted by molar-refractivity contribution is 1.16. The Morgan fingerprint density at radius 1 is 1.38 bits per heavy atom. The highest BCUT2D eigenvalue weighted by atomic mass is 35.5. The molecule has 16 heavy (non-hydrogen) atoms. The van der Waals surface area contributed by atoms with Gasteiger partial charge in [0.2, 0.25) is 0 Å². The molecule has 0 atom stereocenters. The standard InChI is InChI=1S/C12H13ClN2S/c1-8-3-4-9(2)11(5-8)14-6-10-7-15-12(13)16-10/h3-5,7,14H,6H2,1-2H3. The number of anilines is 1. The lowest BCUT2D eigenvalue weighted by atomic mass is 10.1. The summed E-state index contributed by atoms with van der Waals surface area (Å²) in [7, 11) is 0. The first kappa shape index (κ1) is 11.4. The van der Waals surface area contributed by atoms with E-state index in [4.69, 9.17) is 11.6 Å². The van der Waals surface area contributed by atoms with Crippen LogP contribution in [0.5, 0.6) is 0 Å². The highest BCUT2D eigenvalue weighted by Gasteiger charge is 2.01. The molecule has 1 aromatic heterocycles. The fourth-order valence-electron chi connectivity index (χ4n) is 1.47. The Hall–Kier alpha value is -1.06. The Labute approximate surface area is 104 Å². The molecule has 84 valence electrons. The van der Waals surface area contributed by atoms with Gasteiger partial charge in [-0.2, -0.15) is 0 Å². The number of halogens is 1. The normalized spacial score (nSPS) is 10.4. The molecule has 2 nitrogen and oxygen atoms in total. The Balaban J connectivity index is 2.07. The Bertz CT molecular complexity index is 494. The Kier molecular flexibility index (Phi) is 3.46. The third kappa shape index (κ3) is 2.74. The number of aryl methyl sites for hydroxylation is 2. The summed E-state index contributed by atoms with van der Waals surface area (Å²) >= 11 is 7.29. The van der Waals surface area contributed by atoms with Crippen LogP contribution >= 0.6 is 22.9 Å². The van der Waals surface area contributed by atoms with Crippen LogP contribution in [0.1, 0.15) is 16.0 Å². The van der Waals surface area contributed by atoms with Gasteiger partial charge in [-0.05, 0) is 31.0 Å². The molecule has 0 bridgehead atoms. The van der Waals surface area contributed by atoms with Crippen molar-refractivity contribution >= 4 is 28.6 Å². The van der Waals surface area contributed by atoms with Gasteiger partial charge in [-0.25, -0.2) is 4.98 Å². The fourth-order valence-corrected chi connectivity index (χ4v) is 2.39. The van der Waals surface area contributed by atoms with Crippen molar-refractivity contribution in [3.8, 4) is 0 Å². The van der Waals surface area contributed by atoms with Crippen LogP contribution in [-0.4, -0.2) is 4.98 Å². The molecule has 1 N–H and O–H groups in total. The number of hydrogen-bond acceptors (Lipinski definition) is 3. The minimum absolute atomic E-state index is 0.595.